The Morgan fingerprint density at radius 1 is 1.23 bits per heavy atom. The third kappa shape index (κ3) is 4.34. The molecule has 1 atom stereocenters. The van der Waals surface area contributed by atoms with Crippen molar-refractivity contribution in [3.05, 3.63) is 52.7 Å². The number of carbonyl (C=O) groups excluding carboxylic acids is 3. The van der Waals surface area contributed by atoms with Crippen LogP contribution in [-0.2, 0) is 16.1 Å². The molecule has 0 spiro atoms. The molecule has 154 valence electrons. The van der Waals surface area contributed by atoms with Crippen molar-refractivity contribution in [3.63, 3.8) is 0 Å². The van der Waals surface area contributed by atoms with Crippen LogP contribution in [0.5, 0.6) is 5.75 Å². The number of benzene rings is 1. The fraction of sp³-hybridized carbons (Fsp3) is 0.200. The second-order valence-corrected chi connectivity index (χ2v) is 8.35. The summed E-state index contributed by atoms with van der Waals surface area (Å²) in [5.41, 5.74) is 1.58. The quantitative estimate of drug-likeness (QED) is 0.547. The Labute approximate surface area is 180 Å². The van der Waals surface area contributed by atoms with Crippen molar-refractivity contribution < 1.29 is 19.1 Å². The maximum atomic E-state index is 12.6. The predicted molar refractivity (Wildman–Crippen MR) is 115 cm³/mol. The van der Waals surface area contributed by atoms with Crippen molar-refractivity contribution in [1.29, 1.82) is 0 Å². The Balaban J connectivity index is 1.34. The minimum absolute atomic E-state index is 0.128. The molecule has 2 aromatic heterocycles. The number of carbonyl (C=O) groups is 3. The molecular formula is C20H18N4O4S2. The minimum atomic E-state index is -0.896. The lowest BCUT2D eigenvalue weighted by atomic mass is 10.1. The third-order valence-electron chi connectivity index (χ3n) is 4.52. The Morgan fingerprint density at radius 3 is 2.73 bits per heavy atom. The number of nitrogens with zero attached hydrogens (tertiary/aromatic N) is 2. The standard InChI is InChI=1S/C20H18N4O4S2/c1-28-13-6-4-12(5-7-13)10-24-18(26)14(22-20(24)27)9-17(25)23-19-21-15(11-30-19)16-3-2-8-29-16/h2-8,11,14H,9-10H2,1H3,(H,22,27)(H,21,23,25). The van der Waals surface area contributed by atoms with Crippen LogP contribution < -0.4 is 15.4 Å². The van der Waals surface area contributed by atoms with Crippen molar-refractivity contribution in [1.82, 2.24) is 15.2 Å². The molecule has 2 N–H and O–H groups in total. The van der Waals surface area contributed by atoms with Gasteiger partial charge in [-0.05, 0) is 29.1 Å². The summed E-state index contributed by atoms with van der Waals surface area (Å²) >= 11 is 2.88. The SMILES string of the molecule is COc1ccc(CN2C(=O)NC(CC(=O)Nc3nc(-c4cccs4)cs3)C2=O)cc1. The van der Waals surface area contributed by atoms with Gasteiger partial charge in [-0.15, -0.1) is 22.7 Å². The number of nitrogens with one attached hydrogen (secondary N) is 2. The summed E-state index contributed by atoms with van der Waals surface area (Å²) in [7, 11) is 1.57. The van der Waals surface area contributed by atoms with Gasteiger partial charge in [0.2, 0.25) is 5.91 Å². The molecule has 4 rings (SSSR count). The number of hydrogen-bond donors (Lipinski definition) is 2. The van der Waals surface area contributed by atoms with Gasteiger partial charge in [0.15, 0.2) is 5.13 Å². The van der Waals surface area contributed by atoms with Crippen LogP contribution in [0.4, 0.5) is 9.93 Å². The average Bonchev–Trinajstić information content (AvgIpc) is 3.47. The molecule has 30 heavy (non-hydrogen) atoms. The Bertz CT molecular complexity index is 1060. The zero-order valence-corrected chi connectivity index (χ0v) is 17.6. The number of anilines is 1. The minimum Gasteiger partial charge on any atom is -0.497 e. The zero-order valence-electron chi connectivity index (χ0n) is 16.0. The van der Waals surface area contributed by atoms with Gasteiger partial charge in [0.1, 0.15) is 11.8 Å². The molecule has 10 heteroatoms. The number of thiazole rings is 1. The van der Waals surface area contributed by atoms with Gasteiger partial charge >= 0.3 is 6.03 Å². The van der Waals surface area contributed by atoms with Gasteiger partial charge in [0.25, 0.3) is 5.91 Å². The number of rotatable bonds is 7. The van der Waals surface area contributed by atoms with E-state index in [9.17, 15) is 14.4 Å². The number of thiophene rings is 1. The van der Waals surface area contributed by atoms with E-state index in [1.54, 1.807) is 42.7 Å². The van der Waals surface area contributed by atoms with Crippen LogP contribution in [0.25, 0.3) is 10.6 Å². The van der Waals surface area contributed by atoms with Crippen molar-refractivity contribution >= 4 is 45.7 Å². The normalized spacial score (nSPS) is 15.9. The van der Waals surface area contributed by atoms with Gasteiger partial charge in [-0.3, -0.25) is 14.5 Å². The molecule has 1 saturated heterocycles. The summed E-state index contributed by atoms with van der Waals surface area (Å²) in [4.78, 5) is 43.7. The van der Waals surface area contributed by atoms with E-state index in [4.69, 9.17) is 4.74 Å². The van der Waals surface area contributed by atoms with E-state index in [2.05, 4.69) is 15.6 Å². The van der Waals surface area contributed by atoms with Gasteiger partial charge in [0, 0.05) is 5.38 Å². The molecule has 0 bridgehead atoms. The number of methoxy groups -OCH3 is 1. The molecule has 1 aliphatic rings. The van der Waals surface area contributed by atoms with Gasteiger partial charge in [-0.1, -0.05) is 18.2 Å². The number of amides is 4. The highest BCUT2D eigenvalue weighted by atomic mass is 32.1. The highest BCUT2D eigenvalue weighted by molar-refractivity contribution is 7.16. The second kappa shape index (κ2) is 8.64. The van der Waals surface area contributed by atoms with Crippen LogP contribution in [-0.4, -0.2) is 40.9 Å². The maximum Gasteiger partial charge on any atom is 0.325 e. The van der Waals surface area contributed by atoms with Gasteiger partial charge in [-0.2, -0.15) is 0 Å². The fourth-order valence-corrected chi connectivity index (χ4v) is 4.49. The van der Waals surface area contributed by atoms with Crippen LogP contribution in [0, 0.1) is 0 Å². The third-order valence-corrected chi connectivity index (χ3v) is 6.17. The fourth-order valence-electron chi connectivity index (χ4n) is 3.00. The molecule has 3 heterocycles. The molecular weight excluding hydrogens is 424 g/mol. The monoisotopic (exact) mass is 442 g/mol. The summed E-state index contributed by atoms with van der Waals surface area (Å²) in [6.07, 6.45) is -0.155. The van der Waals surface area contributed by atoms with E-state index in [-0.39, 0.29) is 18.9 Å². The summed E-state index contributed by atoms with van der Waals surface area (Å²) in [6.45, 7) is 0.128. The predicted octanol–water partition coefficient (Wildman–Crippen LogP) is 3.33. The first-order valence-corrected chi connectivity index (χ1v) is 10.8. The molecule has 4 amide bonds. The number of ether oxygens (including phenoxy) is 1. The smallest absolute Gasteiger partial charge is 0.325 e. The summed E-state index contributed by atoms with van der Waals surface area (Å²) < 4.78 is 5.11. The molecule has 3 aromatic rings. The lowest BCUT2D eigenvalue weighted by Crippen LogP contribution is -2.34. The molecule has 1 aliphatic heterocycles. The van der Waals surface area contributed by atoms with E-state index in [0.717, 1.165) is 21.0 Å². The maximum absolute atomic E-state index is 12.6. The zero-order chi connectivity index (χ0) is 21.1. The molecule has 8 nitrogen and oxygen atoms in total. The van der Waals surface area contributed by atoms with Crippen molar-refractivity contribution in [3.8, 4) is 16.3 Å². The summed E-state index contributed by atoms with van der Waals surface area (Å²) in [6, 6.07) is 9.57. The molecule has 0 radical (unpaired) electrons. The van der Waals surface area contributed by atoms with Gasteiger partial charge < -0.3 is 15.4 Å². The van der Waals surface area contributed by atoms with Crippen LogP contribution in [0.3, 0.4) is 0 Å². The Hall–Kier alpha value is -3.24. The number of aromatic nitrogens is 1. The van der Waals surface area contributed by atoms with Crippen LogP contribution in [0.2, 0.25) is 0 Å². The average molecular weight is 443 g/mol. The van der Waals surface area contributed by atoms with E-state index in [1.165, 1.54) is 11.3 Å². The van der Waals surface area contributed by atoms with Crippen molar-refractivity contribution in [2.24, 2.45) is 0 Å². The lowest BCUT2D eigenvalue weighted by molar-refractivity contribution is -0.130. The first kappa shape index (κ1) is 20.0. The second-order valence-electron chi connectivity index (χ2n) is 6.54. The highest BCUT2D eigenvalue weighted by Crippen LogP contribution is 2.28. The summed E-state index contributed by atoms with van der Waals surface area (Å²) in [5, 5.41) is 9.55. The molecule has 0 aliphatic carbocycles. The molecule has 1 fully saturated rings. The van der Waals surface area contributed by atoms with Gasteiger partial charge in [-0.25, -0.2) is 9.78 Å². The van der Waals surface area contributed by atoms with Crippen molar-refractivity contribution in [2.45, 2.75) is 19.0 Å². The van der Waals surface area contributed by atoms with Crippen molar-refractivity contribution in [2.75, 3.05) is 12.4 Å². The molecule has 1 unspecified atom stereocenters. The Morgan fingerprint density at radius 2 is 2.03 bits per heavy atom. The van der Waals surface area contributed by atoms with E-state index >= 15 is 0 Å². The first-order chi connectivity index (χ1) is 14.5. The topological polar surface area (TPSA) is 101 Å². The molecule has 0 saturated carbocycles. The van der Waals surface area contributed by atoms with Crippen LogP contribution in [0.1, 0.15) is 12.0 Å². The highest BCUT2D eigenvalue weighted by Gasteiger charge is 2.39. The van der Waals surface area contributed by atoms with E-state index < -0.39 is 18.0 Å². The number of imide groups is 1. The lowest BCUT2D eigenvalue weighted by Gasteiger charge is -2.13. The van der Waals surface area contributed by atoms with Crippen LogP contribution >= 0.6 is 22.7 Å². The Kier molecular flexibility index (Phi) is 5.77. The summed E-state index contributed by atoms with van der Waals surface area (Å²) in [5.74, 6) is -0.119. The van der Waals surface area contributed by atoms with Crippen LogP contribution in [0.15, 0.2) is 47.2 Å². The largest absolute Gasteiger partial charge is 0.497 e. The first-order valence-electron chi connectivity index (χ1n) is 9.07. The van der Waals surface area contributed by atoms with E-state index in [0.29, 0.717) is 10.9 Å². The number of urea groups is 1. The van der Waals surface area contributed by atoms with E-state index in [1.807, 2.05) is 22.9 Å². The number of hydrogen-bond acceptors (Lipinski definition) is 7. The molecule has 1 aromatic carbocycles. The van der Waals surface area contributed by atoms with Gasteiger partial charge in [0.05, 0.1) is 30.6 Å².